The first-order chi connectivity index (χ1) is 12.1. The van der Waals surface area contributed by atoms with Gasteiger partial charge in [-0.1, -0.05) is 24.6 Å². The highest BCUT2D eigenvalue weighted by Gasteiger charge is 2.28. The average Bonchev–Trinajstić information content (AvgIpc) is 2.67. The van der Waals surface area contributed by atoms with Crippen molar-refractivity contribution in [3.05, 3.63) is 29.8 Å². The molecule has 1 amide bonds. The van der Waals surface area contributed by atoms with Crippen LogP contribution in [0.2, 0.25) is 0 Å². The summed E-state index contributed by atoms with van der Waals surface area (Å²) in [5, 5.41) is 5.90. The van der Waals surface area contributed by atoms with Crippen LogP contribution in [0.1, 0.15) is 24.8 Å². The second kappa shape index (κ2) is 8.27. The molecule has 0 radical (unpaired) electrons. The molecule has 7 nitrogen and oxygen atoms in total. The molecule has 2 N–H and O–H groups in total. The van der Waals surface area contributed by atoms with E-state index in [2.05, 4.69) is 10.6 Å². The molecule has 2 fully saturated rings. The summed E-state index contributed by atoms with van der Waals surface area (Å²) in [5.74, 6) is -0.225. The van der Waals surface area contributed by atoms with Crippen molar-refractivity contribution in [2.45, 2.75) is 36.8 Å². The van der Waals surface area contributed by atoms with Crippen molar-refractivity contribution in [3.8, 4) is 0 Å². The van der Waals surface area contributed by atoms with Crippen LogP contribution >= 0.6 is 0 Å². The molecule has 25 heavy (non-hydrogen) atoms. The van der Waals surface area contributed by atoms with Crippen LogP contribution in [0.4, 0.5) is 0 Å². The fourth-order valence-electron chi connectivity index (χ4n) is 3.18. The second-order valence-electron chi connectivity index (χ2n) is 6.35. The number of piperidine rings is 1. The molecular weight excluding hydrogens is 342 g/mol. The summed E-state index contributed by atoms with van der Waals surface area (Å²) in [6.45, 7) is 3.00. The van der Waals surface area contributed by atoms with Gasteiger partial charge in [0, 0.05) is 32.7 Å². The Hall–Kier alpha value is -1.48. The molecule has 1 unspecified atom stereocenters. The summed E-state index contributed by atoms with van der Waals surface area (Å²) in [6, 6.07) is 6.87. The quantitative estimate of drug-likeness (QED) is 0.790. The highest BCUT2D eigenvalue weighted by atomic mass is 32.2. The van der Waals surface area contributed by atoms with Crippen molar-refractivity contribution in [2.24, 2.45) is 0 Å². The number of nitrogens with one attached hydrogen (secondary N) is 2. The number of benzene rings is 1. The van der Waals surface area contributed by atoms with Crippen molar-refractivity contribution in [3.63, 3.8) is 0 Å². The molecule has 2 saturated heterocycles. The number of carbonyl (C=O) groups is 1. The maximum Gasteiger partial charge on any atom is 0.250 e. The van der Waals surface area contributed by atoms with E-state index in [0.717, 1.165) is 25.8 Å². The average molecular weight is 367 g/mol. The second-order valence-corrected chi connectivity index (χ2v) is 8.26. The van der Waals surface area contributed by atoms with Crippen LogP contribution in [-0.4, -0.2) is 57.5 Å². The highest BCUT2D eigenvalue weighted by Crippen LogP contribution is 2.23. The third kappa shape index (κ3) is 4.38. The molecule has 2 aliphatic rings. The first-order valence-electron chi connectivity index (χ1n) is 8.77. The summed E-state index contributed by atoms with van der Waals surface area (Å²) in [6.07, 6.45) is 2.33. The minimum atomic E-state index is -3.53. The van der Waals surface area contributed by atoms with Crippen molar-refractivity contribution in [1.29, 1.82) is 0 Å². The zero-order valence-electron chi connectivity index (χ0n) is 14.2. The SMILES string of the molecule is O=C(NCc1ccccc1S(=O)(=O)N1CCCCC1)C1CNCCO1. The van der Waals surface area contributed by atoms with Gasteiger partial charge in [-0.05, 0) is 24.5 Å². The van der Waals surface area contributed by atoms with E-state index in [-0.39, 0.29) is 17.3 Å². The minimum absolute atomic E-state index is 0.169. The fraction of sp³-hybridized carbons (Fsp3) is 0.588. The largest absolute Gasteiger partial charge is 0.366 e. The first-order valence-corrected chi connectivity index (χ1v) is 10.2. The number of sulfonamides is 1. The molecule has 0 spiro atoms. The smallest absolute Gasteiger partial charge is 0.250 e. The summed E-state index contributed by atoms with van der Waals surface area (Å²) in [5.41, 5.74) is 0.602. The van der Waals surface area contributed by atoms with Crippen LogP contribution in [0, 0.1) is 0 Å². The minimum Gasteiger partial charge on any atom is -0.366 e. The van der Waals surface area contributed by atoms with Crippen LogP contribution in [0.15, 0.2) is 29.2 Å². The Labute approximate surface area is 148 Å². The third-order valence-electron chi connectivity index (χ3n) is 4.58. The Morgan fingerprint density at radius 2 is 2.00 bits per heavy atom. The van der Waals surface area contributed by atoms with Gasteiger partial charge in [-0.2, -0.15) is 4.31 Å². The summed E-state index contributed by atoms with van der Waals surface area (Å²) in [4.78, 5) is 12.5. The van der Waals surface area contributed by atoms with Crippen molar-refractivity contribution >= 4 is 15.9 Å². The molecule has 0 saturated carbocycles. The monoisotopic (exact) mass is 367 g/mol. The van der Waals surface area contributed by atoms with Crippen molar-refractivity contribution in [2.75, 3.05) is 32.8 Å². The zero-order chi connectivity index (χ0) is 17.7. The number of hydrogen-bond donors (Lipinski definition) is 2. The number of rotatable bonds is 5. The summed E-state index contributed by atoms with van der Waals surface area (Å²) < 4.78 is 32.8. The van der Waals surface area contributed by atoms with E-state index in [4.69, 9.17) is 4.74 Å². The predicted octanol–water partition coefficient (Wildman–Crippen LogP) is 0.466. The molecule has 3 rings (SSSR count). The number of nitrogens with zero attached hydrogens (tertiary/aromatic N) is 1. The van der Waals surface area contributed by atoms with Gasteiger partial charge in [0.2, 0.25) is 10.0 Å². The third-order valence-corrected chi connectivity index (χ3v) is 6.58. The Morgan fingerprint density at radius 1 is 1.24 bits per heavy atom. The van der Waals surface area contributed by atoms with Gasteiger partial charge in [0.25, 0.3) is 5.91 Å². The number of morpholine rings is 1. The Morgan fingerprint density at radius 3 is 2.72 bits per heavy atom. The number of amides is 1. The van der Waals surface area contributed by atoms with Gasteiger partial charge in [0.05, 0.1) is 11.5 Å². The lowest BCUT2D eigenvalue weighted by atomic mass is 10.2. The van der Waals surface area contributed by atoms with Crippen LogP contribution in [0.25, 0.3) is 0 Å². The lowest BCUT2D eigenvalue weighted by Crippen LogP contribution is -2.47. The van der Waals surface area contributed by atoms with E-state index in [9.17, 15) is 13.2 Å². The van der Waals surface area contributed by atoms with E-state index < -0.39 is 16.1 Å². The van der Waals surface area contributed by atoms with Gasteiger partial charge >= 0.3 is 0 Å². The maximum atomic E-state index is 12.9. The highest BCUT2D eigenvalue weighted by molar-refractivity contribution is 7.89. The molecule has 8 heteroatoms. The lowest BCUT2D eigenvalue weighted by Gasteiger charge is -2.27. The van der Waals surface area contributed by atoms with Gasteiger partial charge in [-0.3, -0.25) is 4.79 Å². The molecule has 0 aromatic heterocycles. The van der Waals surface area contributed by atoms with Crippen molar-refractivity contribution in [1.82, 2.24) is 14.9 Å². The van der Waals surface area contributed by atoms with Crippen LogP contribution in [-0.2, 0) is 26.1 Å². The molecule has 1 aromatic rings. The molecular formula is C17H25N3O4S. The molecule has 1 aromatic carbocycles. The summed E-state index contributed by atoms with van der Waals surface area (Å²) in [7, 11) is -3.53. The molecule has 2 heterocycles. The van der Waals surface area contributed by atoms with E-state index in [1.54, 1.807) is 28.6 Å². The van der Waals surface area contributed by atoms with E-state index in [0.29, 0.717) is 31.8 Å². The van der Waals surface area contributed by atoms with Crippen molar-refractivity contribution < 1.29 is 17.9 Å². The lowest BCUT2D eigenvalue weighted by molar-refractivity contribution is -0.134. The molecule has 138 valence electrons. The normalized spacial score (nSPS) is 22.5. The topological polar surface area (TPSA) is 87.7 Å². The zero-order valence-corrected chi connectivity index (χ0v) is 15.1. The predicted molar refractivity (Wildman–Crippen MR) is 93.5 cm³/mol. The van der Waals surface area contributed by atoms with Crippen LogP contribution in [0.3, 0.4) is 0 Å². The van der Waals surface area contributed by atoms with E-state index in [1.807, 2.05) is 0 Å². The van der Waals surface area contributed by atoms with E-state index >= 15 is 0 Å². The number of hydrogen-bond acceptors (Lipinski definition) is 5. The molecule has 1 atom stereocenters. The number of ether oxygens (including phenoxy) is 1. The van der Waals surface area contributed by atoms with Gasteiger partial charge in [-0.25, -0.2) is 8.42 Å². The first kappa shape index (κ1) is 18.3. The number of carbonyl (C=O) groups excluding carboxylic acids is 1. The molecule has 0 aliphatic carbocycles. The molecule has 0 bridgehead atoms. The maximum absolute atomic E-state index is 12.9. The van der Waals surface area contributed by atoms with Crippen LogP contribution in [0.5, 0.6) is 0 Å². The Balaban J connectivity index is 1.71. The van der Waals surface area contributed by atoms with Gasteiger partial charge in [-0.15, -0.1) is 0 Å². The van der Waals surface area contributed by atoms with Gasteiger partial charge < -0.3 is 15.4 Å². The van der Waals surface area contributed by atoms with Crippen LogP contribution < -0.4 is 10.6 Å². The van der Waals surface area contributed by atoms with Gasteiger partial charge in [0.1, 0.15) is 6.10 Å². The summed E-state index contributed by atoms with van der Waals surface area (Å²) >= 11 is 0. The Bertz CT molecular complexity index is 696. The standard InChI is InChI=1S/C17H25N3O4S/c21-17(15-13-18-8-11-24-15)19-12-14-6-2-3-7-16(14)25(22,23)20-9-4-1-5-10-20/h2-3,6-7,15,18H,1,4-5,8-13H2,(H,19,21). The Kier molecular flexibility index (Phi) is 6.06. The fourth-order valence-corrected chi connectivity index (χ4v) is 4.92. The molecule has 2 aliphatic heterocycles. The van der Waals surface area contributed by atoms with E-state index in [1.165, 1.54) is 0 Å². The van der Waals surface area contributed by atoms with Gasteiger partial charge in [0.15, 0.2) is 0 Å².